The molecule has 0 aliphatic heterocycles. The molecule has 98 valence electrons. The first-order chi connectivity index (χ1) is 9.11. The Bertz CT molecular complexity index is 610. The fraction of sp³-hybridized carbons (Fsp3) is 0.0714. The monoisotopic (exact) mass is 256 g/mol. The second-order valence-electron chi connectivity index (χ2n) is 4.16. The Morgan fingerprint density at radius 1 is 1.05 bits per heavy atom. The third-order valence-corrected chi connectivity index (χ3v) is 2.84. The lowest BCUT2D eigenvalue weighted by Gasteiger charge is -2.09. The first-order valence-corrected chi connectivity index (χ1v) is 5.86. The van der Waals surface area contributed by atoms with Crippen LogP contribution < -0.4 is 22.5 Å². The Kier molecular flexibility index (Phi) is 3.68. The van der Waals surface area contributed by atoms with Gasteiger partial charge in [0, 0.05) is 17.8 Å². The fourth-order valence-electron chi connectivity index (χ4n) is 1.73. The summed E-state index contributed by atoms with van der Waals surface area (Å²) in [7, 11) is 0. The van der Waals surface area contributed by atoms with Gasteiger partial charge in [0.2, 0.25) is 0 Å². The van der Waals surface area contributed by atoms with Crippen LogP contribution >= 0.6 is 0 Å². The highest BCUT2D eigenvalue weighted by molar-refractivity contribution is 6.06. The number of nitrogens with one attached hydrogen (secondary N) is 1. The molecular formula is C14H16N4O. The molecule has 0 saturated carbocycles. The molecule has 2 aromatic carbocycles. The first-order valence-electron chi connectivity index (χ1n) is 5.86. The Morgan fingerprint density at radius 3 is 2.42 bits per heavy atom. The molecule has 5 nitrogen and oxygen atoms in total. The zero-order valence-corrected chi connectivity index (χ0v) is 10.4. The minimum Gasteiger partial charge on any atom is -0.398 e. The summed E-state index contributed by atoms with van der Waals surface area (Å²) in [4.78, 5) is 12.1. The molecule has 0 heterocycles. The van der Waals surface area contributed by atoms with Gasteiger partial charge >= 0.3 is 0 Å². The van der Waals surface area contributed by atoms with Crippen LogP contribution in [-0.4, -0.2) is 5.91 Å². The molecule has 0 atom stereocenters. The summed E-state index contributed by atoms with van der Waals surface area (Å²) in [6.07, 6.45) is 0. The maximum Gasteiger partial charge on any atom is 0.255 e. The number of amides is 1. The molecule has 0 aliphatic carbocycles. The largest absolute Gasteiger partial charge is 0.398 e. The van der Waals surface area contributed by atoms with Gasteiger partial charge in [-0.2, -0.15) is 0 Å². The van der Waals surface area contributed by atoms with Crippen molar-refractivity contribution in [3.63, 3.8) is 0 Å². The average Bonchev–Trinajstić information content (AvgIpc) is 2.41. The lowest BCUT2D eigenvalue weighted by atomic mass is 10.1. The van der Waals surface area contributed by atoms with Gasteiger partial charge in [-0.05, 0) is 29.8 Å². The molecule has 19 heavy (non-hydrogen) atoms. The Labute approximate surface area is 111 Å². The lowest BCUT2D eigenvalue weighted by Crippen LogP contribution is -2.14. The number of anilines is 3. The average molecular weight is 256 g/mol. The molecule has 2 aromatic rings. The molecule has 7 N–H and O–H groups in total. The first kappa shape index (κ1) is 12.9. The van der Waals surface area contributed by atoms with Gasteiger partial charge in [0.25, 0.3) is 5.91 Å². The van der Waals surface area contributed by atoms with Gasteiger partial charge < -0.3 is 22.5 Å². The smallest absolute Gasteiger partial charge is 0.255 e. The second kappa shape index (κ2) is 5.41. The third-order valence-electron chi connectivity index (χ3n) is 2.84. The summed E-state index contributed by atoms with van der Waals surface area (Å²) in [6, 6.07) is 12.1. The number of benzene rings is 2. The van der Waals surface area contributed by atoms with Gasteiger partial charge in [-0.25, -0.2) is 0 Å². The van der Waals surface area contributed by atoms with E-state index < -0.39 is 0 Å². The summed E-state index contributed by atoms with van der Waals surface area (Å²) in [5.74, 6) is -0.256. The highest BCUT2D eigenvalue weighted by Gasteiger charge is 2.09. The normalized spacial score (nSPS) is 10.2. The van der Waals surface area contributed by atoms with E-state index >= 15 is 0 Å². The number of hydrogen-bond acceptors (Lipinski definition) is 4. The van der Waals surface area contributed by atoms with Crippen molar-refractivity contribution in [1.29, 1.82) is 0 Å². The van der Waals surface area contributed by atoms with Gasteiger partial charge in [-0.3, -0.25) is 4.79 Å². The zero-order chi connectivity index (χ0) is 13.8. The van der Waals surface area contributed by atoms with E-state index in [0.717, 1.165) is 5.56 Å². The highest BCUT2D eigenvalue weighted by atomic mass is 16.1. The molecule has 0 bridgehead atoms. The highest BCUT2D eigenvalue weighted by Crippen LogP contribution is 2.19. The SMILES string of the molecule is NCc1ccc(C(=O)Nc2ccccc2N)cc1N. The van der Waals surface area contributed by atoms with Crippen LogP contribution in [0.15, 0.2) is 42.5 Å². The number of hydrogen-bond donors (Lipinski definition) is 4. The van der Waals surface area contributed by atoms with E-state index in [-0.39, 0.29) is 5.91 Å². The summed E-state index contributed by atoms with van der Waals surface area (Å²) >= 11 is 0. The van der Waals surface area contributed by atoms with E-state index in [9.17, 15) is 4.79 Å². The molecule has 0 saturated heterocycles. The van der Waals surface area contributed by atoms with Gasteiger partial charge in [0.05, 0.1) is 11.4 Å². The van der Waals surface area contributed by atoms with E-state index in [1.54, 1.807) is 42.5 Å². The van der Waals surface area contributed by atoms with Gasteiger partial charge in [-0.15, -0.1) is 0 Å². The molecule has 0 unspecified atom stereocenters. The molecule has 0 aromatic heterocycles. The summed E-state index contributed by atoms with van der Waals surface area (Å²) < 4.78 is 0. The Morgan fingerprint density at radius 2 is 1.79 bits per heavy atom. The van der Waals surface area contributed by atoms with Gasteiger partial charge in [-0.1, -0.05) is 18.2 Å². The molecule has 0 fully saturated rings. The molecule has 1 amide bonds. The number of para-hydroxylation sites is 2. The maximum atomic E-state index is 12.1. The van der Waals surface area contributed by atoms with Crippen LogP contribution in [0, 0.1) is 0 Å². The van der Waals surface area contributed by atoms with E-state index in [2.05, 4.69) is 5.32 Å². The van der Waals surface area contributed by atoms with Crippen LogP contribution in [0.1, 0.15) is 15.9 Å². The van der Waals surface area contributed by atoms with Crippen LogP contribution in [0.2, 0.25) is 0 Å². The molecule has 2 rings (SSSR count). The number of nitrogen functional groups attached to an aromatic ring is 2. The van der Waals surface area contributed by atoms with Crippen molar-refractivity contribution >= 4 is 23.0 Å². The molecule has 0 radical (unpaired) electrons. The van der Waals surface area contributed by atoms with Crippen molar-refractivity contribution in [2.45, 2.75) is 6.54 Å². The van der Waals surface area contributed by atoms with Crippen LogP contribution in [-0.2, 0) is 6.54 Å². The van der Waals surface area contributed by atoms with Gasteiger partial charge in [0.15, 0.2) is 0 Å². The topological polar surface area (TPSA) is 107 Å². The predicted octanol–water partition coefficient (Wildman–Crippen LogP) is 1.56. The number of carbonyl (C=O) groups excluding carboxylic acids is 1. The Hall–Kier alpha value is -2.53. The molecule has 0 spiro atoms. The predicted molar refractivity (Wildman–Crippen MR) is 77.6 cm³/mol. The summed E-state index contributed by atoms with van der Waals surface area (Å²) in [6.45, 7) is 0.347. The Balaban J connectivity index is 2.21. The van der Waals surface area contributed by atoms with Gasteiger partial charge in [0.1, 0.15) is 0 Å². The van der Waals surface area contributed by atoms with Crippen LogP contribution in [0.3, 0.4) is 0 Å². The van der Waals surface area contributed by atoms with Crippen LogP contribution in [0.5, 0.6) is 0 Å². The zero-order valence-electron chi connectivity index (χ0n) is 10.4. The lowest BCUT2D eigenvalue weighted by molar-refractivity contribution is 0.102. The summed E-state index contributed by atoms with van der Waals surface area (Å²) in [5, 5.41) is 2.74. The van der Waals surface area contributed by atoms with Crippen molar-refractivity contribution < 1.29 is 4.79 Å². The van der Waals surface area contributed by atoms with E-state index in [0.29, 0.717) is 29.2 Å². The minimum absolute atomic E-state index is 0.256. The number of nitrogens with two attached hydrogens (primary N) is 3. The number of carbonyl (C=O) groups is 1. The van der Waals surface area contributed by atoms with E-state index in [4.69, 9.17) is 17.2 Å². The number of rotatable bonds is 3. The van der Waals surface area contributed by atoms with Crippen molar-refractivity contribution in [3.8, 4) is 0 Å². The van der Waals surface area contributed by atoms with Crippen molar-refractivity contribution in [3.05, 3.63) is 53.6 Å². The van der Waals surface area contributed by atoms with Crippen molar-refractivity contribution in [1.82, 2.24) is 0 Å². The molecule has 0 aliphatic rings. The van der Waals surface area contributed by atoms with Crippen molar-refractivity contribution in [2.24, 2.45) is 5.73 Å². The standard InChI is InChI=1S/C14H16N4O/c15-8-10-6-5-9(7-12(10)17)14(19)18-13-4-2-1-3-11(13)16/h1-7H,8,15-17H2,(H,18,19). The minimum atomic E-state index is -0.256. The van der Waals surface area contributed by atoms with Crippen LogP contribution in [0.25, 0.3) is 0 Å². The van der Waals surface area contributed by atoms with Crippen LogP contribution in [0.4, 0.5) is 17.1 Å². The summed E-state index contributed by atoms with van der Waals surface area (Å²) in [5.41, 5.74) is 20.0. The third kappa shape index (κ3) is 2.83. The second-order valence-corrected chi connectivity index (χ2v) is 4.16. The quantitative estimate of drug-likeness (QED) is 0.625. The van der Waals surface area contributed by atoms with E-state index in [1.807, 2.05) is 0 Å². The maximum absolute atomic E-state index is 12.1. The molecular weight excluding hydrogens is 240 g/mol. The van der Waals surface area contributed by atoms with Crippen molar-refractivity contribution in [2.75, 3.05) is 16.8 Å². The van der Waals surface area contributed by atoms with E-state index in [1.165, 1.54) is 0 Å². The molecule has 5 heteroatoms. The fourth-order valence-corrected chi connectivity index (χ4v) is 1.73.